The van der Waals surface area contributed by atoms with Gasteiger partial charge in [-0.05, 0) is 55.2 Å². The van der Waals surface area contributed by atoms with Crippen LogP contribution >= 0.6 is 15.9 Å². The largest absolute Gasteiger partial charge is 0.484 e. The van der Waals surface area contributed by atoms with Crippen molar-refractivity contribution in [3.05, 3.63) is 99.3 Å². The van der Waals surface area contributed by atoms with E-state index in [1.54, 1.807) is 18.2 Å². The number of halogens is 2. The zero-order chi connectivity index (χ0) is 26.8. The molecule has 5 nitrogen and oxygen atoms in total. The normalized spacial score (nSPS) is 11.6. The molecule has 0 radical (unpaired) electrons. The molecule has 0 saturated carbocycles. The summed E-state index contributed by atoms with van der Waals surface area (Å²) in [5, 5.41) is 2.96. The van der Waals surface area contributed by atoms with Crippen LogP contribution in [-0.4, -0.2) is 35.9 Å². The number of aryl methyl sites for hydroxylation is 2. The standard InChI is InChI=1S/C30H34BrFN2O3/c1-4-5-15-33-30(36)27(18-23-11-7-6-8-12-23)34(19-24-13-9-10-14-26(24)32)28(35)20-37-25-16-21(2)29(31)22(3)17-25/h6-14,16-17,27H,4-5,15,18-20H2,1-3H3,(H,33,36)/t27-/m1/s1. The summed E-state index contributed by atoms with van der Waals surface area (Å²) < 4.78 is 21.5. The fourth-order valence-corrected chi connectivity index (χ4v) is 4.32. The molecule has 0 fully saturated rings. The molecule has 196 valence electrons. The fourth-order valence-electron chi connectivity index (χ4n) is 4.09. The SMILES string of the molecule is CCCCNC(=O)[C@@H](Cc1ccccc1)N(Cc1ccccc1F)C(=O)COc1cc(C)c(Br)c(C)c1. The molecule has 0 bridgehead atoms. The minimum absolute atomic E-state index is 0.0496. The van der Waals surface area contributed by atoms with Gasteiger partial charge in [0.1, 0.15) is 17.6 Å². The Bertz CT molecular complexity index is 1180. The van der Waals surface area contributed by atoms with E-state index in [1.165, 1.54) is 11.0 Å². The lowest BCUT2D eigenvalue weighted by Crippen LogP contribution is -2.52. The number of unbranched alkanes of at least 4 members (excludes halogenated alkanes) is 1. The summed E-state index contributed by atoms with van der Waals surface area (Å²) in [5.41, 5.74) is 3.22. The summed E-state index contributed by atoms with van der Waals surface area (Å²) in [6.07, 6.45) is 2.06. The molecule has 0 aliphatic rings. The molecule has 3 rings (SSSR count). The van der Waals surface area contributed by atoms with Crippen LogP contribution in [0.4, 0.5) is 4.39 Å². The van der Waals surface area contributed by atoms with E-state index in [1.807, 2.05) is 63.2 Å². The van der Waals surface area contributed by atoms with Gasteiger partial charge in [0.05, 0.1) is 0 Å². The van der Waals surface area contributed by atoms with Gasteiger partial charge in [0.25, 0.3) is 5.91 Å². The zero-order valence-electron chi connectivity index (χ0n) is 21.6. The van der Waals surface area contributed by atoms with Crippen molar-refractivity contribution >= 4 is 27.7 Å². The third-order valence-electron chi connectivity index (χ3n) is 6.17. The number of ether oxygens (including phenoxy) is 1. The fraction of sp³-hybridized carbons (Fsp3) is 0.333. The first-order valence-corrected chi connectivity index (χ1v) is 13.3. The van der Waals surface area contributed by atoms with Gasteiger partial charge in [-0.1, -0.05) is 77.8 Å². The van der Waals surface area contributed by atoms with Crippen LogP contribution in [0.5, 0.6) is 5.75 Å². The van der Waals surface area contributed by atoms with Crippen molar-refractivity contribution in [2.45, 2.75) is 52.6 Å². The summed E-state index contributed by atoms with van der Waals surface area (Å²) >= 11 is 3.54. The molecule has 0 aliphatic heterocycles. The monoisotopic (exact) mass is 568 g/mol. The minimum Gasteiger partial charge on any atom is -0.484 e. The Morgan fingerprint density at radius 3 is 2.32 bits per heavy atom. The Kier molecular flexibility index (Phi) is 10.7. The van der Waals surface area contributed by atoms with Crippen LogP contribution in [0.1, 0.15) is 42.0 Å². The highest BCUT2D eigenvalue weighted by molar-refractivity contribution is 9.10. The van der Waals surface area contributed by atoms with Gasteiger partial charge in [0, 0.05) is 29.5 Å². The van der Waals surface area contributed by atoms with E-state index in [9.17, 15) is 14.0 Å². The molecule has 0 spiro atoms. The van der Waals surface area contributed by atoms with E-state index in [4.69, 9.17) is 4.74 Å². The predicted octanol–water partition coefficient (Wildman–Crippen LogP) is 6.14. The molecule has 0 aliphatic carbocycles. The molecule has 37 heavy (non-hydrogen) atoms. The molecular weight excluding hydrogens is 535 g/mol. The summed E-state index contributed by atoms with van der Waals surface area (Å²) in [6, 6.07) is 18.7. The van der Waals surface area contributed by atoms with Crippen LogP contribution in [0.3, 0.4) is 0 Å². The number of rotatable bonds is 12. The number of nitrogens with zero attached hydrogens (tertiary/aromatic N) is 1. The van der Waals surface area contributed by atoms with Gasteiger partial charge < -0.3 is 15.0 Å². The number of carbonyl (C=O) groups excluding carboxylic acids is 2. The second-order valence-electron chi connectivity index (χ2n) is 9.12. The van der Waals surface area contributed by atoms with Gasteiger partial charge >= 0.3 is 0 Å². The van der Waals surface area contributed by atoms with Crippen molar-refractivity contribution < 1.29 is 18.7 Å². The Morgan fingerprint density at radius 2 is 1.68 bits per heavy atom. The molecule has 1 atom stereocenters. The number of hydrogen-bond donors (Lipinski definition) is 1. The molecule has 3 aromatic rings. The summed E-state index contributed by atoms with van der Waals surface area (Å²) in [4.78, 5) is 28.5. The van der Waals surface area contributed by atoms with Crippen molar-refractivity contribution in [2.24, 2.45) is 0 Å². The lowest BCUT2D eigenvalue weighted by atomic mass is 10.0. The molecule has 0 saturated heterocycles. The molecule has 0 heterocycles. The third-order valence-corrected chi connectivity index (χ3v) is 7.42. The highest BCUT2D eigenvalue weighted by Crippen LogP contribution is 2.26. The molecular formula is C30H34BrFN2O3. The number of carbonyl (C=O) groups is 2. The second-order valence-corrected chi connectivity index (χ2v) is 9.92. The summed E-state index contributed by atoms with van der Waals surface area (Å²) in [6.45, 7) is 6.13. The van der Waals surface area contributed by atoms with Gasteiger partial charge in [-0.25, -0.2) is 4.39 Å². The van der Waals surface area contributed by atoms with E-state index in [2.05, 4.69) is 21.2 Å². The van der Waals surface area contributed by atoms with Crippen LogP contribution in [0, 0.1) is 19.7 Å². The first kappa shape index (κ1) is 28.4. The number of benzene rings is 3. The smallest absolute Gasteiger partial charge is 0.261 e. The van der Waals surface area contributed by atoms with Crippen LogP contribution < -0.4 is 10.1 Å². The van der Waals surface area contributed by atoms with Gasteiger partial charge in [0.15, 0.2) is 6.61 Å². The van der Waals surface area contributed by atoms with Crippen LogP contribution in [0.25, 0.3) is 0 Å². The number of nitrogens with one attached hydrogen (secondary N) is 1. The first-order chi connectivity index (χ1) is 17.8. The van der Waals surface area contributed by atoms with Crippen LogP contribution in [0.2, 0.25) is 0 Å². The van der Waals surface area contributed by atoms with E-state index >= 15 is 0 Å². The lowest BCUT2D eigenvalue weighted by molar-refractivity contribution is -0.142. The Balaban J connectivity index is 1.91. The maximum absolute atomic E-state index is 14.7. The van der Waals surface area contributed by atoms with E-state index < -0.39 is 17.8 Å². The van der Waals surface area contributed by atoms with Crippen molar-refractivity contribution in [3.8, 4) is 5.75 Å². The summed E-state index contributed by atoms with van der Waals surface area (Å²) in [5.74, 6) is -0.528. The quantitative estimate of drug-likeness (QED) is 0.267. The van der Waals surface area contributed by atoms with Crippen molar-refractivity contribution in [1.29, 1.82) is 0 Å². The average molecular weight is 570 g/mol. The van der Waals surface area contributed by atoms with Gasteiger partial charge in [-0.15, -0.1) is 0 Å². The lowest BCUT2D eigenvalue weighted by Gasteiger charge is -2.31. The second kappa shape index (κ2) is 13.9. The van der Waals surface area contributed by atoms with Crippen molar-refractivity contribution in [3.63, 3.8) is 0 Å². The maximum atomic E-state index is 14.7. The predicted molar refractivity (Wildman–Crippen MR) is 148 cm³/mol. The molecule has 7 heteroatoms. The molecule has 0 aromatic heterocycles. The highest BCUT2D eigenvalue weighted by Gasteiger charge is 2.31. The van der Waals surface area contributed by atoms with E-state index in [-0.39, 0.29) is 19.1 Å². The van der Waals surface area contributed by atoms with Crippen molar-refractivity contribution in [2.75, 3.05) is 13.2 Å². The summed E-state index contributed by atoms with van der Waals surface area (Å²) in [7, 11) is 0. The van der Waals surface area contributed by atoms with Gasteiger partial charge in [-0.2, -0.15) is 0 Å². The Hall–Kier alpha value is -3.19. The Morgan fingerprint density at radius 1 is 1.03 bits per heavy atom. The molecule has 2 amide bonds. The third kappa shape index (κ3) is 8.15. The van der Waals surface area contributed by atoms with Crippen LogP contribution in [-0.2, 0) is 22.6 Å². The topological polar surface area (TPSA) is 58.6 Å². The average Bonchev–Trinajstić information content (AvgIpc) is 2.89. The molecule has 0 unspecified atom stereocenters. The Labute approximate surface area is 227 Å². The zero-order valence-corrected chi connectivity index (χ0v) is 23.2. The minimum atomic E-state index is -0.830. The van der Waals surface area contributed by atoms with Gasteiger partial charge in [-0.3, -0.25) is 9.59 Å². The number of hydrogen-bond acceptors (Lipinski definition) is 3. The van der Waals surface area contributed by atoms with Crippen LogP contribution in [0.15, 0.2) is 71.2 Å². The molecule has 3 aromatic carbocycles. The van der Waals surface area contributed by atoms with Crippen molar-refractivity contribution in [1.82, 2.24) is 10.2 Å². The highest BCUT2D eigenvalue weighted by atomic mass is 79.9. The van der Waals surface area contributed by atoms with E-state index in [0.29, 0.717) is 24.3 Å². The first-order valence-electron chi connectivity index (χ1n) is 12.5. The van der Waals surface area contributed by atoms with E-state index in [0.717, 1.165) is 34.0 Å². The number of amides is 2. The maximum Gasteiger partial charge on any atom is 0.261 e. The van der Waals surface area contributed by atoms with Gasteiger partial charge in [0.2, 0.25) is 5.91 Å². The molecule has 1 N–H and O–H groups in total.